The molecule has 0 saturated carbocycles. The van der Waals surface area contributed by atoms with Crippen LogP contribution in [0.3, 0.4) is 0 Å². The molecule has 3 heteroatoms. The van der Waals surface area contributed by atoms with E-state index in [-0.39, 0.29) is 12.1 Å². The molecule has 3 rings (SSSR count). The van der Waals surface area contributed by atoms with Gasteiger partial charge in [-0.15, -0.1) is 0 Å². The molecule has 3 nitrogen and oxygen atoms in total. The van der Waals surface area contributed by atoms with Crippen molar-refractivity contribution in [2.45, 2.75) is 31.8 Å². The summed E-state index contributed by atoms with van der Waals surface area (Å²) in [7, 11) is 0. The minimum atomic E-state index is 0.0736. The van der Waals surface area contributed by atoms with Crippen LogP contribution in [0.5, 0.6) is 11.5 Å². The Kier molecular flexibility index (Phi) is 3.89. The fraction of sp³-hybridized carbons (Fsp3) is 0.278. The lowest BCUT2D eigenvalue weighted by Crippen LogP contribution is -2.34. The van der Waals surface area contributed by atoms with Gasteiger partial charge in [-0.3, -0.25) is 0 Å². The zero-order valence-electron chi connectivity index (χ0n) is 12.0. The lowest BCUT2D eigenvalue weighted by atomic mass is 9.93. The third-order valence-electron chi connectivity index (χ3n) is 3.91. The maximum absolute atomic E-state index is 8.97. The number of nitrogens with one attached hydrogen (secondary N) is 1. The van der Waals surface area contributed by atoms with Crippen molar-refractivity contribution in [2.75, 3.05) is 0 Å². The van der Waals surface area contributed by atoms with Gasteiger partial charge in [0.05, 0.1) is 18.5 Å². The summed E-state index contributed by atoms with van der Waals surface area (Å²) in [5.41, 5.74) is 2.26. The Morgan fingerprint density at radius 1 is 1.10 bits per heavy atom. The Morgan fingerprint density at radius 2 is 1.67 bits per heavy atom. The van der Waals surface area contributed by atoms with E-state index in [1.165, 1.54) is 0 Å². The topological polar surface area (TPSA) is 45.0 Å². The van der Waals surface area contributed by atoms with Gasteiger partial charge >= 0.3 is 0 Å². The number of para-hydroxylation sites is 2. The summed E-state index contributed by atoms with van der Waals surface area (Å²) < 4.78 is 5.98. The van der Waals surface area contributed by atoms with Gasteiger partial charge in [0.2, 0.25) is 0 Å². The molecule has 1 aliphatic heterocycles. The normalized spacial score (nSPS) is 14.5. The van der Waals surface area contributed by atoms with Crippen LogP contribution in [-0.4, -0.2) is 6.04 Å². The Morgan fingerprint density at radius 3 is 2.19 bits per heavy atom. The molecule has 0 fully saturated rings. The lowest BCUT2D eigenvalue weighted by Gasteiger charge is -2.31. The van der Waals surface area contributed by atoms with Gasteiger partial charge in [-0.05, 0) is 18.6 Å². The van der Waals surface area contributed by atoms with Gasteiger partial charge in [0, 0.05) is 17.2 Å². The third-order valence-corrected chi connectivity index (χ3v) is 3.91. The van der Waals surface area contributed by atoms with E-state index in [2.05, 4.69) is 30.4 Å². The molecule has 1 N–H and O–H groups in total. The van der Waals surface area contributed by atoms with Crippen LogP contribution in [0.2, 0.25) is 0 Å². The van der Waals surface area contributed by atoms with Gasteiger partial charge in [-0.2, -0.15) is 5.26 Å². The second-order valence-corrected chi connectivity index (χ2v) is 5.24. The first kappa shape index (κ1) is 13.7. The summed E-state index contributed by atoms with van der Waals surface area (Å²) in [5.74, 6) is 1.78. The summed E-state index contributed by atoms with van der Waals surface area (Å²) in [6.07, 6.45) is 1.44. The SMILES string of the molecule is CCC(CC#N)NC1c2ccccc2Oc2ccccc21. The van der Waals surface area contributed by atoms with Gasteiger partial charge in [0.25, 0.3) is 0 Å². The Hall–Kier alpha value is -2.31. The maximum atomic E-state index is 8.97. The second kappa shape index (κ2) is 5.99. The minimum Gasteiger partial charge on any atom is -0.457 e. The van der Waals surface area contributed by atoms with Crippen molar-refractivity contribution in [1.82, 2.24) is 5.32 Å². The first-order valence-electron chi connectivity index (χ1n) is 7.32. The molecule has 1 heterocycles. The van der Waals surface area contributed by atoms with E-state index in [0.29, 0.717) is 6.42 Å². The summed E-state index contributed by atoms with van der Waals surface area (Å²) in [6.45, 7) is 2.10. The van der Waals surface area contributed by atoms with E-state index >= 15 is 0 Å². The summed E-state index contributed by atoms with van der Waals surface area (Å²) in [6, 6.07) is 18.7. The van der Waals surface area contributed by atoms with Crippen LogP contribution in [0.25, 0.3) is 0 Å². The van der Waals surface area contributed by atoms with Crippen molar-refractivity contribution >= 4 is 0 Å². The molecule has 0 saturated heterocycles. The molecular weight excluding hydrogens is 260 g/mol. The lowest BCUT2D eigenvalue weighted by molar-refractivity contribution is 0.399. The van der Waals surface area contributed by atoms with E-state index < -0.39 is 0 Å². The number of hydrogen-bond acceptors (Lipinski definition) is 3. The molecule has 0 amide bonds. The van der Waals surface area contributed by atoms with Gasteiger partial charge in [0.1, 0.15) is 11.5 Å². The van der Waals surface area contributed by atoms with Crippen LogP contribution in [-0.2, 0) is 0 Å². The molecular formula is C18H18N2O. The summed E-state index contributed by atoms with van der Waals surface area (Å²) >= 11 is 0. The van der Waals surface area contributed by atoms with Crippen molar-refractivity contribution in [3.05, 3.63) is 59.7 Å². The molecule has 106 valence electrons. The van der Waals surface area contributed by atoms with Crippen LogP contribution < -0.4 is 10.1 Å². The average Bonchev–Trinajstić information content (AvgIpc) is 2.53. The van der Waals surface area contributed by atoms with E-state index in [9.17, 15) is 0 Å². The Balaban J connectivity index is 2.00. The summed E-state index contributed by atoms with van der Waals surface area (Å²) in [4.78, 5) is 0. The number of nitriles is 1. The molecule has 21 heavy (non-hydrogen) atoms. The zero-order chi connectivity index (χ0) is 14.7. The fourth-order valence-electron chi connectivity index (χ4n) is 2.76. The molecule has 0 aromatic heterocycles. The van der Waals surface area contributed by atoms with Crippen LogP contribution >= 0.6 is 0 Å². The van der Waals surface area contributed by atoms with E-state index in [1.54, 1.807) is 0 Å². The highest BCUT2D eigenvalue weighted by atomic mass is 16.5. The standard InChI is InChI=1S/C18H18N2O/c1-2-13(11-12-19)20-18-14-7-3-5-9-16(14)21-17-10-6-4-8-15(17)18/h3-10,13,18,20H,2,11H2,1H3. The van der Waals surface area contributed by atoms with Crippen LogP contribution in [0.1, 0.15) is 36.9 Å². The van der Waals surface area contributed by atoms with Crippen molar-refractivity contribution in [2.24, 2.45) is 0 Å². The number of nitrogens with zero attached hydrogens (tertiary/aromatic N) is 1. The molecule has 1 atom stereocenters. The van der Waals surface area contributed by atoms with E-state index in [1.807, 2.05) is 36.4 Å². The number of ether oxygens (including phenoxy) is 1. The zero-order valence-corrected chi connectivity index (χ0v) is 12.0. The predicted molar refractivity (Wildman–Crippen MR) is 82.2 cm³/mol. The highest BCUT2D eigenvalue weighted by Gasteiger charge is 2.27. The molecule has 1 unspecified atom stereocenters. The van der Waals surface area contributed by atoms with Crippen molar-refractivity contribution in [3.8, 4) is 17.6 Å². The summed E-state index contributed by atoms with van der Waals surface area (Å²) in [5, 5.41) is 12.6. The second-order valence-electron chi connectivity index (χ2n) is 5.24. The average molecular weight is 278 g/mol. The number of rotatable bonds is 4. The molecule has 1 aliphatic rings. The number of fused-ring (bicyclic) bond motifs is 2. The van der Waals surface area contributed by atoms with Crippen molar-refractivity contribution < 1.29 is 4.74 Å². The minimum absolute atomic E-state index is 0.0736. The molecule has 2 aromatic carbocycles. The highest BCUT2D eigenvalue weighted by Crippen LogP contribution is 2.42. The highest BCUT2D eigenvalue weighted by molar-refractivity contribution is 5.52. The van der Waals surface area contributed by atoms with Gasteiger partial charge in [-0.1, -0.05) is 43.3 Å². The number of hydrogen-bond donors (Lipinski definition) is 1. The third kappa shape index (κ3) is 2.63. The smallest absolute Gasteiger partial charge is 0.132 e. The molecule has 0 radical (unpaired) electrons. The van der Waals surface area contributed by atoms with Crippen LogP contribution in [0, 0.1) is 11.3 Å². The van der Waals surface area contributed by atoms with Gasteiger partial charge in [-0.25, -0.2) is 0 Å². The molecule has 2 aromatic rings. The Bertz CT molecular complexity index is 629. The maximum Gasteiger partial charge on any atom is 0.132 e. The van der Waals surface area contributed by atoms with Gasteiger partial charge in [0.15, 0.2) is 0 Å². The molecule has 0 spiro atoms. The van der Waals surface area contributed by atoms with Crippen molar-refractivity contribution in [3.63, 3.8) is 0 Å². The quantitative estimate of drug-likeness (QED) is 0.913. The van der Waals surface area contributed by atoms with Crippen LogP contribution in [0.4, 0.5) is 0 Å². The van der Waals surface area contributed by atoms with Crippen LogP contribution in [0.15, 0.2) is 48.5 Å². The largest absolute Gasteiger partial charge is 0.457 e. The van der Waals surface area contributed by atoms with Crippen molar-refractivity contribution in [1.29, 1.82) is 5.26 Å². The molecule has 0 bridgehead atoms. The number of benzene rings is 2. The fourth-order valence-corrected chi connectivity index (χ4v) is 2.76. The predicted octanol–water partition coefficient (Wildman–Crippen LogP) is 4.16. The van der Waals surface area contributed by atoms with E-state index in [0.717, 1.165) is 29.0 Å². The van der Waals surface area contributed by atoms with Gasteiger partial charge < -0.3 is 10.1 Å². The monoisotopic (exact) mass is 278 g/mol. The Labute approximate surface area is 125 Å². The first-order valence-corrected chi connectivity index (χ1v) is 7.32. The molecule has 0 aliphatic carbocycles. The van der Waals surface area contributed by atoms with E-state index in [4.69, 9.17) is 10.00 Å². The first-order chi connectivity index (χ1) is 10.3.